The predicted octanol–water partition coefficient (Wildman–Crippen LogP) is 2.37. The molecule has 28 heavy (non-hydrogen) atoms. The van der Waals surface area contributed by atoms with Crippen LogP contribution in [0.3, 0.4) is 0 Å². The average Bonchev–Trinajstić information content (AvgIpc) is 3.20. The second kappa shape index (κ2) is 8.73. The Morgan fingerprint density at radius 3 is 2.86 bits per heavy atom. The molecule has 1 spiro atoms. The summed E-state index contributed by atoms with van der Waals surface area (Å²) in [7, 11) is 3.26. The number of hydrogen-bond donors (Lipinski definition) is 1. The Morgan fingerprint density at radius 1 is 1.46 bits per heavy atom. The van der Waals surface area contributed by atoms with Crippen molar-refractivity contribution in [3.8, 4) is 0 Å². The lowest BCUT2D eigenvalue weighted by atomic mass is 9.90. The highest BCUT2D eigenvalue weighted by atomic mass is 16.5. The number of furan rings is 1. The van der Waals surface area contributed by atoms with E-state index >= 15 is 0 Å². The summed E-state index contributed by atoms with van der Waals surface area (Å²) in [5.74, 6) is 1.24. The molecule has 1 aromatic rings. The van der Waals surface area contributed by atoms with E-state index in [0.717, 1.165) is 37.9 Å². The molecule has 1 aliphatic carbocycles. The number of rotatable bonds is 8. The molecule has 1 aromatic heterocycles. The molecule has 2 amide bonds. The van der Waals surface area contributed by atoms with E-state index in [0.29, 0.717) is 31.3 Å². The number of ether oxygens (including phenoxy) is 1. The molecule has 0 aromatic carbocycles. The summed E-state index contributed by atoms with van der Waals surface area (Å²) in [6, 6.07) is 1.69. The van der Waals surface area contributed by atoms with Crippen LogP contribution in [-0.2, 0) is 9.53 Å². The second-order valence-electron chi connectivity index (χ2n) is 7.62. The van der Waals surface area contributed by atoms with Crippen LogP contribution >= 0.6 is 0 Å². The van der Waals surface area contributed by atoms with E-state index in [9.17, 15) is 9.59 Å². The van der Waals surface area contributed by atoms with Crippen molar-refractivity contribution < 1.29 is 18.7 Å². The fourth-order valence-corrected chi connectivity index (χ4v) is 4.09. The van der Waals surface area contributed by atoms with Gasteiger partial charge in [0.2, 0.25) is 5.91 Å². The minimum absolute atomic E-state index is 0.171. The SMILES string of the molecule is C=Cc1cc(C(=O)NCC2CC23CCN(C(=O)CCOC)CC3)oc1C=NC. The van der Waals surface area contributed by atoms with Crippen molar-refractivity contribution >= 4 is 24.1 Å². The highest BCUT2D eigenvalue weighted by Gasteiger charge is 2.54. The van der Waals surface area contributed by atoms with Gasteiger partial charge in [0.15, 0.2) is 11.5 Å². The molecule has 1 saturated carbocycles. The number of aliphatic imine (C=N–C) groups is 1. The molecule has 152 valence electrons. The van der Waals surface area contributed by atoms with E-state index in [1.165, 1.54) is 0 Å². The maximum absolute atomic E-state index is 12.4. The van der Waals surface area contributed by atoms with Crippen LogP contribution in [0.15, 0.2) is 22.1 Å². The van der Waals surface area contributed by atoms with Gasteiger partial charge < -0.3 is 19.4 Å². The number of hydrogen-bond acceptors (Lipinski definition) is 5. The molecule has 3 rings (SSSR count). The number of likely N-dealkylation sites (tertiary alicyclic amines) is 1. The molecule has 7 heteroatoms. The second-order valence-corrected chi connectivity index (χ2v) is 7.62. The molecule has 1 aliphatic heterocycles. The van der Waals surface area contributed by atoms with E-state index in [1.807, 2.05) is 4.90 Å². The van der Waals surface area contributed by atoms with Gasteiger partial charge in [-0.25, -0.2) is 0 Å². The Balaban J connectivity index is 1.47. The molecule has 2 fully saturated rings. The Hall–Kier alpha value is -2.41. The molecule has 0 radical (unpaired) electrons. The van der Waals surface area contributed by atoms with Gasteiger partial charge in [-0.2, -0.15) is 0 Å². The van der Waals surface area contributed by atoms with Crippen molar-refractivity contribution in [1.29, 1.82) is 0 Å². The summed E-state index contributed by atoms with van der Waals surface area (Å²) < 4.78 is 10.6. The van der Waals surface area contributed by atoms with E-state index in [4.69, 9.17) is 9.15 Å². The number of carbonyl (C=O) groups is 2. The molecular weight excluding hydrogens is 358 g/mol. The number of piperidine rings is 1. The summed E-state index contributed by atoms with van der Waals surface area (Å²) in [4.78, 5) is 30.4. The van der Waals surface area contributed by atoms with Gasteiger partial charge in [0, 0.05) is 39.4 Å². The summed E-state index contributed by atoms with van der Waals surface area (Å²) in [6.07, 6.45) is 6.79. The maximum atomic E-state index is 12.4. The van der Waals surface area contributed by atoms with E-state index in [2.05, 4.69) is 16.9 Å². The van der Waals surface area contributed by atoms with Crippen LogP contribution in [0.2, 0.25) is 0 Å². The van der Waals surface area contributed by atoms with Crippen molar-refractivity contribution in [2.75, 3.05) is 40.4 Å². The standard InChI is InChI=1S/C21H29N3O4/c1-4-15-11-17(28-18(15)14-22-2)20(26)23-13-16-12-21(16)6-8-24(9-7-21)19(25)5-10-27-3/h4,11,14,16H,1,5-10,12-13H2,2-3H3,(H,23,26). The summed E-state index contributed by atoms with van der Waals surface area (Å²) in [5.41, 5.74) is 1.03. The molecular formula is C21H29N3O4. The van der Waals surface area contributed by atoms with Gasteiger partial charge in [-0.3, -0.25) is 14.6 Å². The number of nitrogens with zero attached hydrogens (tertiary/aromatic N) is 2. The third kappa shape index (κ3) is 4.35. The Morgan fingerprint density at radius 2 is 2.21 bits per heavy atom. The first-order chi connectivity index (χ1) is 13.5. The quantitative estimate of drug-likeness (QED) is 0.694. The first-order valence-corrected chi connectivity index (χ1v) is 9.76. The Kier molecular flexibility index (Phi) is 6.34. The molecule has 2 heterocycles. The monoisotopic (exact) mass is 387 g/mol. The zero-order chi connectivity index (χ0) is 20.1. The van der Waals surface area contributed by atoms with Crippen LogP contribution in [0, 0.1) is 11.3 Å². The predicted molar refractivity (Wildman–Crippen MR) is 107 cm³/mol. The molecule has 1 N–H and O–H groups in total. The lowest BCUT2D eigenvalue weighted by Crippen LogP contribution is -2.40. The van der Waals surface area contributed by atoms with Crippen LogP contribution in [0.5, 0.6) is 0 Å². The van der Waals surface area contributed by atoms with E-state index < -0.39 is 0 Å². The fraction of sp³-hybridized carbons (Fsp3) is 0.571. The summed E-state index contributed by atoms with van der Waals surface area (Å²) >= 11 is 0. The largest absolute Gasteiger partial charge is 0.449 e. The highest BCUT2D eigenvalue weighted by molar-refractivity contribution is 5.94. The topological polar surface area (TPSA) is 84.1 Å². The first-order valence-electron chi connectivity index (χ1n) is 9.76. The van der Waals surface area contributed by atoms with Crippen molar-refractivity contribution in [3.63, 3.8) is 0 Å². The zero-order valence-corrected chi connectivity index (χ0v) is 16.7. The Labute approximate surface area is 165 Å². The fourth-order valence-electron chi connectivity index (χ4n) is 4.09. The maximum Gasteiger partial charge on any atom is 0.287 e. The van der Waals surface area contributed by atoms with Gasteiger partial charge in [0.05, 0.1) is 19.2 Å². The molecule has 1 unspecified atom stereocenters. The molecule has 1 saturated heterocycles. The smallest absolute Gasteiger partial charge is 0.287 e. The van der Waals surface area contributed by atoms with Crippen LogP contribution in [-0.4, -0.2) is 63.3 Å². The summed E-state index contributed by atoms with van der Waals surface area (Å²) in [5, 5.41) is 2.99. The molecule has 7 nitrogen and oxygen atoms in total. The van der Waals surface area contributed by atoms with Crippen molar-refractivity contribution in [1.82, 2.24) is 10.2 Å². The van der Waals surface area contributed by atoms with Crippen LogP contribution in [0.25, 0.3) is 6.08 Å². The van der Waals surface area contributed by atoms with Crippen molar-refractivity contribution in [2.24, 2.45) is 16.3 Å². The van der Waals surface area contributed by atoms with Gasteiger partial charge in [-0.05, 0) is 36.7 Å². The normalized spacial score (nSPS) is 20.5. The average molecular weight is 387 g/mol. The van der Waals surface area contributed by atoms with E-state index in [-0.39, 0.29) is 23.0 Å². The molecule has 2 aliphatic rings. The third-order valence-electron chi connectivity index (χ3n) is 5.98. The van der Waals surface area contributed by atoms with Gasteiger partial charge >= 0.3 is 0 Å². The van der Waals surface area contributed by atoms with Crippen molar-refractivity contribution in [2.45, 2.75) is 25.7 Å². The van der Waals surface area contributed by atoms with Gasteiger partial charge in [0.1, 0.15) is 0 Å². The lowest BCUT2D eigenvalue weighted by Gasteiger charge is -2.33. The highest BCUT2D eigenvalue weighted by Crippen LogP contribution is 2.59. The van der Waals surface area contributed by atoms with E-state index in [1.54, 1.807) is 32.5 Å². The van der Waals surface area contributed by atoms with Crippen LogP contribution in [0.1, 0.15) is 47.6 Å². The molecule has 0 bridgehead atoms. The number of carbonyl (C=O) groups excluding carboxylic acids is 2. The van der Waals surface area contributed by atoms with Crippen LogP contribution < -0.4 is 5.32 Å². The minimum atomic E-state index is -0.215. The van der Waals surface area contributed by atoms with Gasteiger partial charge in [-0.15, -0.1) is 0 Å². The van der Waals surface area contributed by atoms with Crippen LogP contribution in [0.4, 0.5) is 0 Å². The van der Waals surface area contributed by atoms with Crippen molar-refractivity contribution in [3.05, 3.63) is 29.7 Å². The lowest BCUT2D eigenvalue weighted by molar-refractivity contribution is -0.133. The number of amides is 2. The van der Waals surface area contributed by atoms with Gasteiger partial charge in [-0.1, -0.05) is 12.7 Å². The number of nitrogens with one attached hydrogen (secondary N) is 1. The summed E-state index contributed by atoms with van der Waals surface area (Å²) in [6.45, 7) is 6.44. The zero-order valence-electron chi connectivity index (χ0n) is 16.7. The Bertz CT molecular complexity index is 760. The molecule has 1 atom stereocenters. The van der Waals surface area contributed by atoms with Gasteiger partial charge in [0.25, 0.3) is 5.91 Å². The number of methoxy groups -OCH3 is 1. The first kappa shape index (κ1) is 20.3. The third-order valence-corrected chi connectivity index (χ3v) is 5.98. The minimum Gasteiger partial charge on any atom is -0.449 e.